The van der Waals surface area contributed by atoms with E-state index in [-0.39, 0.29) is 17.4 Å². The van der Waals surface area contributed by atoms with Gasteiger partial charge in [-0.2, -0.15) is 0 Å². The van der Waals surface area contributed by atoms with Crippen molar-refractivity contribution in [3.63, 3.8) is 0 Å². The molecule has 0 spiro atoms. The van der Waals surface area contributed by atoms with Crippen LogP contribution in [-0.4, -0.2) is 60.3 Å². The molecule has 1 amide bonds. The number of nitrogen functional groups attached to an aromatic ring is 1. The molecule has 0 saturated heterocycles. The van der Waals surface area contributed by atoms with Gasteiger partial charge in [-0.1, -0.05) is 0 Å². The van der Waals surface area contributed by atoms with Crippen LogP contribution in [0.2, 0.25) is 0 Å². The number of carbonyl (C=O) groups is 1. The Balaban J connectivity index is 2.46. The minimum absolute atomic E-state index is 0.0319. The van der Waals surface area contributed by atoms with Crippen molar-refractivity contribution in [3.05, 3.63) is 5.69 Å². The molecule has 1 rings (SSSR count). The normalized spacial score (nSPS) is 10.8. The third kappa shape index (κ3) is 3.20. The highest BCUT2D eigenvalue weighted by Gasteiger charge is 2.19. The fourth-order valence-corrected chi connectivity index (χ4v) is 1.25. The SMILES string of the molecule is CN(C)CCCN(C)C(=O)c1nonc1N. The Bertz CT molecular complexity index is 349. The summed E-state index contributed by atoms with van der Waals surface area (Å²) >= 11 is 0. The van der Waals surface area contributed by atoms with Crippen molar-refractivity contribution in [3.8, 4) is 0 Å². The van der Waals surface area contributed by atoms with E-state index in [2.05, 4.69) is 19.8 Å². The van der Waals surface area contributed by atoms with Gasteiger partial charge in [0.05, 0.1) is 0 Å². The first-order valence-corrected chi connectivity index (χ1v) is 5.00. The third-order valence-corrected chi connectivity index (χ3v) is 2.16. The fraction of sp³-hybridized carbons (Fsp3) is 0.667. The molecule has 1 aromatic heterocycles. The van der Waals surface area contributed by atoms with Crippen LogP contribution in [0.5, 0.6) is 0 Å². The zero-order valence-corrected chi connectivity index (χ0v) is 9.80. The molecule has 90 valence electrons. The Morgan fingerprint density at radius 1 is 1.31 bits per heavy atom. The minimum atomic E-state index is -0.266. The number of anilines is 1. The van der Waals surface area contributed by atoms with Gasteiger partial charge >= 0.3 is 0 Å². The lowest BCUT2D eigenvalue weighted by Crippen LogP contribution is -2.30. The molecule has 0 aliphatic heterocycles. The van der Waals surface area contributed by atoms with E-state index in [4.69, 9.17) is 5.73 Å². The average molecular weight is 227 g/mol. The summed E-state index contributed by atoms with van der Waals surface area (Å²) in [5.41, 5.74) is 5.51. The van der Waals surface area contributed by atoms with Crippen molar-refractivity contribution in [1.29, 1.82) is 0 Å². The van der Waals surface area contributed by atoms with Crippen LogP contribution in [0, 0.1) is 0 Å². The molecular formula is C9H17N5O2. The van der Waals surface area contributed by atoms with Crippen LogP contribution >= 0.6 is 0 Å². The van der Waals surface area contributed by atoms with Crippen LogP contribution in [0.1, 0.15) is 16.9 Å². The first-order chi connectivity index (χ1) is 7.52. The Labute approximate surface area is 94.1 Å². The van der Waals surface area contributed by atoms with Crippen LogP contribution in [0.3, 0.4) is 0 Å². The molecular weight excluding hydrogens is 210 g/mol. The maximum atomic E-state index is 11.8. The maximum Gasteiger partial charge on any atom is 0.279 e. The van der Waals surface area contributed by atoms with Crippen molar-refractivity contribution in [2.75, 3.05) is 40.0 Å². The second-order valence-corrected chi connectivity index (χ2v) is 3.88. The third-order valence-electron chi connectivity index (χ3n) is 2.16. The van der Waals surface area contributed by atoms with Crippen molar-refractivity contribution < 1.29 is 9.42 Å². The second-order valence-electron chi connectivity index (χ2n) is 3.88. The Morgan fingerprint density at radius 3 is 2.50 bits per heavy atom. The summed E-state index contributed by atoms with van der Waals surface area (Å²) in [5, 5.41) is 6.83. The molecule has 0 bridgehead atoms. The highest BCUT2D eigenvalue weighted by Crippen LogP contribution is 2.07. The molecule has 0 fully saturated rings. The number of nitrogens with two attached hydrogens (primary N) is 1. The van der Waals surface area contributed by atoms with Crippen LogP contribution in [0.15, 0.2) is 4.63 Å². The molecule has 2 N–H and O–H groups in total. The van der Waals surface area contributed by atoms with Crippen LogP contribution in [0.25, 0.3) is 0 Å². The molecule has 0 aliphatic rings. The molecule has 7 heteroatoms. The zero-order chi connectivity index (χ0) is 12.1. The molecule has 0 saturated carbocycles. The number of nitrogens with zero attached hydrogens (tertiary/aromatic N) is 4. The number of hydrogen-bond acceptors (Lipinski definition) is 6. The number of amides is 1. The quantitative estimate of drug-likeness (QED) is 0.741. The van der Waals surface area contributed by atoms with Gasteiger partial charge in [-0.25, -0.2) is 4.63 Å². The number of rotatable bonds is 5. The van der Waals surface area contributed by atoms with Crippen molar-refractivity contribution >= 4 is 11.7 Å². The van der Waals surface area contributed by atoms with Gasteiger partial charge in [-0.15, -0.1) is 0 Å². The lowest BCUT2D eigenvalue weighted by Gasteiger charge is -2.17. The Hall–Kier alpha value is -1.63. The van der Waals surface area contributed by atoms with Crippen molar-refractivity contribution in [1.82, 2.24) is 20.1 Å². The molecule has 7 nitrogen and oxygen atoms in total. The van der Waals surface area contributed by atoms with E-state index in [1.165, 1.54) is 0 Å². The van der Waals surface area contributed by atoms with Gasteiger partial charge < -0.3 is 15.5 Å². The lowest BCUT2D eigenvalue weighted by atomic mass is 10.3. The monoisotopic (exact) mass is 227 g/mol. The van der Waals surface area contributed by atoms with Gasteiger partial charge in [0, 0.05) is 13.6 Å². The van der Waals surface area contributed by atoms with Crippen molar-refractivity contribution in [2.45, 2.75) is 6.42 Å². The molecule has 1 aromatic rings. The number of hydrogen-bond donors (Lipinski definition) is 1. The van der Waals surface area contributed by atoms with Gasteiger partial charge in [0.1, 0.15) is 0 Å². The number of carbonyl (C=O) groups excluding carboxylic acids is 1. The van der Waals surface area contributed by atoms with Gasteiger partial charge in [0.25, 0.3) is 5.91 Å². The highest BCUT2D eigenvalue weighted by molar-refractivity contribution is 5.95. The molecule has 16 heavy (non-hydrogen) atoms. The van der Waals surface area contributed by atoms with E-state index in [9.17, 15) is 4.79 Å². The Kier molecular flexibility index (Phi) is 4.24. The smallest absolute Gasteiger partial charge is 0.279 e. The van der Waals surface area contributed by atoms with Crippen LogP contribution in [0.4, 0.5) is 5.82 Å². The summed E-state index contributed by atoms with van der Waals surface area (Å²) in [5.74, 6) is -0.234. The molecule has 0 unspecified atom stereocenters. The first-order valence-electron chi connectivity index (χ1n) is 5.00. The summed E-state index contributed by atoms with van der Waals surface area (Å²) in [7, 11) is 5.68. The van der Waals surface area contributed by atoms with E-state index in [0.717, 1.165) is 13.0 Å². The first kappa shape index (κ1) is 12.4. The van der Waals surface area contributed by atoms with Crippen molar-refractivity contribution in [2.24, 2.45) is 0 Å². The predicted octanol–water partition coefficient (Wildman–Crippen LogP) is -0.324. The van der Waals surface area contributed by atoms with E-state index in [1.807, 2.05) is 14.1 Å². The zero-order valence-electron chi connectivity index (χ0n) is 9.80. The summed E-state index contributed by atoms with van der Waals surface area (Å²) in [6.45, 7) is 1.56. The van der Waals surface area contributed by atoms with E-state index in [0.29, 0.717) is 6.54 Å². The average Bonchev–Trinajstić information content (AvgIpc) is 2.62. The summed E-state index contributed by atoms with van der Waals surface area (Å²) in [6, 6.07) is 0. The summed E-state index contributed by atoms with van der Waals surface area (Å²) < 4.78 is 4.38. The fourth-order valence-electron chi connectivity index (χ4n) is 1.25. The second kappa shape index (κ2) is 5.45. The molecule has 0 radical (unpaired) electrons. The van der Waals surface area contributed by atoms with E-state index in [1.54, 1.807) is 11.9 Å². The van der Waals surface area contributed by atoms with Gasteiger partial charge in [-0.3, -0.25) is 4.79 Å². The number of aromatic nitrogens is 2. The van der Waals surface area contributed by atoms with Gasteiger partial charge in [0.15, 0.2) is 0 Å². The lowest BCUT2D eigenvalue weighted by molar-refractivity contribution is 0.0780. The Morgan fingerprint density at radius 2 is 2.00 bits per heavy atom. The van der Waals surface area contributed by atoms with E-state index >= 15 is 0 Å². The van der Waals surface area contributed by atoms with E-state index < -0.39 is 0 Å². The maximum absolute atomic E-state index is 11.8. The molecule has 0 aliphatic carbocycles. The molecule has 0 aromatic carbocycles. The van der Waals surface area contributed by atoms with Gasteiger partial charge in [0.2, 0.25) is 11.5 Å². The highest BCUT2D eigenvalue weighted by atomic mass is 16.6. The predicted molar refractivity (Wildman–Crippen MR) is 58.8 cm³/mol. The molecule has 0 atom stereocenters. The largest absolute Gasteiger partial charge is 0.379 e. The van der Waals surface area contributed by atoms with Crippen LogP contribution < -0.4 is 5.73 Å². The summed E-state index contributed by atoms with van der Waals surface area (Å²) in [6.07, 6.45) is 0.889. The summed E-state index contributed by atoms with van der Waals surface area (Å²) in [4.78, 5) is 15.4. The molecule has 1 heterocycles. The van der Waals surface area contributed by atoms with Crippen LogP contribution in [-0.2, 0) is 0 Å². The van der Waals surface area contributed by atoms with Gasteiger partial charge in [-0.05, 0) is 37.4 Å². The topological polar surface area (TPSA) is 88.5 Å². The minimum Gasteiger partial charge on any atom is -0.379 e. The standard InChI is InChI=1S/C9H17N5O2/c1-13(2)5-4-6-14(3)9(15)7-8(10)12-16-11-7/h4-6H2,1-3H3,(H2,10,12).